The van der Waals surface area contributed by atoms with Gasteiger partial charge in [0.05, 0.1) is 17.5 Å². The molecule has 1 aliphatic rings. The van der Waals surface area contributed by atoms with Crippen LogP contribution in [0.4, 0.5) is 17.2 Å². The molecule has 0 atom stereocenters. The Morgan fingerprint density at radius 3 is 2.57 bits per heavy atom. The maximum atomic E-state index is 11.7. The number of hydrogen-bond donors (Lipinski definition) is 2. The third-order valence-corrected chi connectivity index (χ3v) is 7.98. The van der Waals surface area contributed by atoms with Crippen molar-refractivity contribution in [2.45, 2.75) is 19.9 Å². The average Bonchev–Trinajstić information content (AvgIpc) is 3.57. The van der Waals surface area contributed by atoms with Crippen molar-refractivity contribution < 1.29 is 9.90 Å². The number of piperazine rings is 1. The predicted molar refractivity (Wildman–Crippen MR) is 147 cm³/mol. The largest absolute Gasteiger partial charge is 0.478 e. The maximum Gasteiger partial charge on any atom is 0.337 e. The summed E-state index contributed by atoms with van der Waals surface area (Å²) in [5.41, 5.74) is 4.65. The molecular weight excluding hydrogens is 486 g/mol. The molecule has 1 fully saturated rings. The van der Waals surface area contributed by atoms with Gasteiger partial charge >= 0.3 is 5.97 Å². The molecule has 0 unspecified atom stereocenters. The van der Waals surface area contributed by atoms with Crippen LogP contribution < -0.4 is 10.2 Å². The molecule has 3 aromatic heterocycles. The van der Waals surface area contributed by atoms with Crippen molar-refractivity contribution >= 4 is 50.2 Å². The molecule has 0 saturated carbocycles. The van der Waals surface area contributed by atoms with E-state index in [1.807, 2.05) is 11.4 Å². The highest BCUT2D eigenvalue weighted by molar-refractivity contribution is 7.18. The van der Waals surface area contributed by atoms with E-state index in [1.54, 1.807) is 22.8 Å². The summed E-state index contributed by atoms with van der Waals surface area (Å²) >= 11 is 1.40. The second-order valence-corrected chi connectivity index (χ2v) is 10.3. The van der Waals surface area contributed by atoms with Crippen LogP contribution in [-0.4, -0.2) is 67.8 Å². The lowest BCUT2D eigenvalue weighted by atomic mass is 10.1. The Morgan fingerprint density at radius 1 is 1.05 bits per heavy atom. The summed E-state index contributed by atoms with van der Waals surface area (Å²) < 4.78 is 2.47. The monoisotopic (exact) mass is 513 g/mol. The Labute approximate surface area is 218 Å². The van der Waals surface area contributed by atoms with Gasteiger partial charge in [-0.3, -0.25) is 4.90 Å². The molecule has 0 aliphatic carbocycles. The first-order valence-corrected chi connectivity index (χ1v) is 13.2. The van der Waals surface area contributed by atoms with Gasteiger partial charge in [0.25, 0.3) is 0 Å². The van der Waals surface area contributed by atoms with Gasteiger partial charge in [-0.2, -0.15) is 5.10 Å². The summed E-state index contributed by atoms with van der Waals surface area (Å²) in [7, 11) is 0. The number of carboxylic acids is 1. The van der Waals surface area contributed by atoms with Crippen LogP contribution in [0.3, 0.4) is 0 Å². The highest BCUT2D eigenvalue weighted by Gasteiger charge is 2.20. The van der Waals surface area contributed by atoms with E-state index < -0.39 is 5.97 Å². The second-order valence-electron chi connectivity index (χ2n) is 9.41. The zero-order valence-corrected chi connectivity index (χ0v) is 21.4. The van der Waals surface area contributed by atoms with Crippen LogP contribution in [0.1, 0.15) is 24.2 Å². The molecule has 0 amide bonds. The molecule has 1 aliphatic heterocycles. The van der Waals surface area contributed by atoms with E-state index in [4.69, 9.17) is 0 Å². The van der Waals surface area contributed by atoms with Gasteiger partial charge in [-0.25, -0.2) is 19.3 Å². The predicted octanol–water partition coefficient (Wildman–Crippen LogP) is 4.98. The minimum Gasteiger partial charge on any atom is -0.478 e. The molecule has 0 radical (unpaired) electrons. The fraction of sp³-hybridized carbons (Fsp3) is 0.259. The van der Waals surface area contributed by atoms with Gasteiger partial charge in [-0.05, 0) is 44.2 Å². The molecule has 2 aromatic carbocycles. The number of thiophene rings is 1. The minimum atomic E-state index is -0.939. The van der Waals surface area contributed by atoms with Crippen molar-refractivity contribution in [3.05, 3.63) is 65.9 Å². The summed E-state index contributed by atoms with van der Waals surface area (Å²) in [6.45, 7) is 8.71. The van der Waals surface area contributed by atoms with Crippen molar-refractivity contribution in [2.24, 2.45) is 0 Å². The Bertz CT molecular complexity index is 1580. The molecule has 5 aromatic rings. The Morgan fingerprint density at radius 2 is 1.84 bits per heavy atom. The fourth-order valence-corrected chi connectivity index (χ4v) is 5.97. The second kappa shape index (κ2) is 9.45. The lowest BCUT2D eigenvalue weighted by Crippen LogP contribution is -2.48. The number of benzene rings is 2. The number of rotatable bonds is 6. The zero-order valence-electron chi connectivity index (χ0n) is 20.6. The van der Waals surface area contributed by atoms with Crippen LogP contribution in [-0.2, 0) is 0 Å². The highest BCUT2D eigenvalue weighted by Crippen LogP contribution is 2.36. The lowest BCUT2D eigenvalue weighted by molar-refractivity contribution is 0.0699. The first kappa shape index (κ1) is 23.4. The van der Waals surface area contributed by atoms with Crippen LogP contribution in [0.15, 0.2) is 60.4 Å². The van der Waals surface area contributed by atoms with Gasteiger partial charge in [0, 0.05) is 64.6 Å². The molecular formula is C27H27N7O2S. The van der Waals surface area contributed by atoms with Gasteiger partial charge in [0.1, 0.15) is 6.33 Å². The third kappa shape index (κ3) is 4.28. The van der Waals surface area contributed by atoms with Crippen molar-refractivity contribution in [3.63, 3.8) is 0 Å². The van der Waals surface area contributed by atoms with Crippen LogP contribution >= 0.6 is 11.3 Å². The summed E-state index contributed by atoms with van der Waals surface area (Å²) in [5.74, 6) is -0.336. The number of aromatic carboxylic acids is 1. The third-order valence-electron chi connectivity index (χ3n) is 6.95. The summed E-state index contributed by atoms with van der Waals surface area (Å²) in [5, 5.41) is 20.2. The number of nitrogens with zero attached hydrogens (tertiary/aromatic N) is 6. The molecule has 188 valence electrons. The quantitative estimate of drug-likeness (QED) is 0.328. The van der Waals surface area contributed by atoms with E-state index in [0.717, 1.165) is 53.2 Å². The molecule has 1 saturated heterocycles. The Hall–Kier alpha value is -4.02. The first-order chi connectivity index (χ1) is 18.0. The van der Waals surface area contributed by atoms with E-state index in [-0.39, 0.29) is 0 Å². The van der Waals surface area contributed by atoms with Gasteiger partial charge in [0.15, 0.2) is 11.5 Å². The SMILES string of the molecule is CC(C)N1CCN(c2ccc(Nc3ncc(-c4csc5c(C(=O)O)cccc45)n4ncnc34)cc2)CC1. The summed E-state index contributed by atoms with van der Waals surface area (Å²) in [6.07, 6.45) is 3.25. The van der Waals surface area contributed by atoms with Gasteiger partial charge < -0.3 is 15.3 Å². The van der Waals surface area contributed by atoms with Crippen molar-refractivity contribution in [1.82, 2.24) is 24.5 Å². The molecule has 37 heavy (non-hydrogen) atoms. The molecule has 10 heteroatoms. The average molecular weight is 514 g/mol. The van der Waals surface area contributed by atoms with E-state index in [2.05, 4.69) is 68.3 Å². The maximum absolute atomic E-state index is 11.7. The highest BCUT2D eigenvalue weighted by atomic mass is 32.1. The van der Waals surface area contributed by atoms with Gasteiger partial charge in [-0.1, -0.05) is 12.1 Å². The summed E-state index contributed by atoms with van der Waals surface area (Å²) in [6, 6.07) is 14.3. The fourth-order valence-electron chi connectivity index (χ4n) is 4.90. The van der Waals surface area contributed by atoms with Crippen LogP contribution in [0, 0.1) is 0 Å². The normalized spacial score (nSPS) is 14.6. The number of hydrogen-bond acceptors (Lipinski definition) is 8. The van der Waals surface area contributed by atoms with Gasteiger partial charge in [-0.15, -0.1) is 11.3 Å². The standard InChI is InChI=1S/C27H27N7O2S/c1-17(2)32-10-12-33(13-11-32)19-8-6-18(7-9-19)31-25-26-29-16-30-34(26)23(14-28-25)22-15-37-24-20(22)4-3-5-21(24)27(35)36/h3-9,14-17H,10-13H2,1-2H3,(H,28,31)(H,35,36). The van der Waals surface area contributed by atoms with E-state index >= 15 is 0 Å². The van der Waals surface area contributed by atoms with Crippen molar-refractivity contribution in [1.29, 1.82) is 0 Å². The zero-order chi connectivity index (χ0) is 25.5. The van der Waals surface area contributed by atoms with E-state index in [1.165, 1.54) is 23.4 Å². The Kier molecular flexibility index (Phi) is 5.97. The first-order valence-electron chi connectivity index (χ1n) is 12.3. The van der Waals surface area contributed by atoms with Crippen LogP contribution in [0.2, 0.25) is 0 Å². The number of carboxylic acid groups (broad SMARTS) is 1. The van der Waals surface area contributed by atoms with E-state index in [0.29, 0.717) is 23.1 Å². The molecule has 4 heterocycles. The molecule has 0 spiro atoms. The van der Waals surface area contributed by atoms with Crippen LogP contribution in [0.25, 0.3) is 27.0 Å². The van der Waals surface area contributed by atoms with E-state index in [9.17, 15) is 9.90 Å². The number of anilines is 3. The molecule has 2 N–H and O–H groups in total. The number of aromatic nitrogens is 4. The number of carbonyl (C=O) groups is 1. The smallest absolute Gasteiger partial charge is 0.337 e. The van der Waals surface area contributed by atoms with Gasteiger partial charge in [0.2, 0.25) is 0 Å². The van der Waals surface area contributed by atoms with Crippen LogP contribution in [0.5, 0.6) is 0 Å². The van der Waals surface area contributed by atoms with Crippen molar-refractivity contribution in [2.75, 3.05) is 36.4 Å². The lowest BCUT2D eigenvalue weighted by Gasteiger charge is -2.38. The molecule has 9 nitrogen and oxygen atoms in total. The minimum absolute atomic E-state index is 0.292. The summed E-state index contributed by atoms with van der Waals surface area (Å²) in [4.78, 5) is 25.7. The Balaban J connectivity index is 1.26. The molecule has 6 rings (SSSR count). The topological polar surface area (TPSA) is 98.9 Å². The van der Waals surface area contributed by atoms with Crippen molar-refractivity contribution in [3.8, 4) is 11.3 Å². The molecule has 0 bridgehead atoms. The number of fused-ring (bicyclic) bond motifs is 2. The number of nitrogens with one attached hydrogen (secondary N) is 1.